The van der Waals surface area contributed by atoms with Crippen LogP contribution in [0.15, 0.2) is 40.9 Å². The molecule has 1 unspecified atom stereocenters. The zero-order valence-electron chi connectivity index (χ0n) is 12.7. The highest BCUT2D eigenvalue weighted by atomic mass is 79.9. The summed E-state index contributed by atoms with van der Waals surface area (Å²) < 4.78 is 0.979. The second-order valence-electron chi connectivity index (χ2n) is 5.16. The van der Waals surface area contributed by atoms with Crippen molar-refractivity contribution >= 4 is 21.6 Å². The van der Waals surface area contributed by atoms with Crippen molar-refractivity contribution in [3.8, 4) is 0 Å². The monoisotopic (exact) mass is 348 g/mol. The van der Waals surface area contributed by atoms with Crippen LogP contribution in [0.5, 0.6) is 0 Å². The van der Waals surface area contributed by atoms with E-state index in [4.69, 9.17) is 0 Å². The van der Waals surface area contributed by atoms with Crippen LogP contribution in [0, 0.1) is 6.92 Å². The summed E-state index contributed by atoms with van der Waals surface area (Å²) in [6, 6.07) is 12.1. The molecule has 112 valence electrons. The fourth-order valence-corrected chi connectivity index (χ4v) is 2.78. The first kappa shape index (κ1) is 16.0. The minimum Gasteiger partial charge on any atom is -0.389 e. The third-order valence-corrected chi connectivity index (χ3v) is 3.95. The highest BCUT2D eigenvalue weighted by Crippen LogP contribution is 2.30. The maximum absolute atomic E-state index is 10.0. The van der Waals surface area contributed by atoms with Crippen LogP contribution in [0.25, 0.3) is 0 Å². The molecule has 1 aromatic heterocycles. The molecule has 0 fully saturated rings. The number of benzene rings is 1. The molecule has 2 rings (SSSR count). The standard InChI is InChI=1S/C17H21BrN2O/c1-4-20(11-15-7-5-6-12(2)19-15)17-9-8-14(18)10-16(17)13(3)21/h5-10,13,21H,4,11H2,1-3H3. The Morgan fingerprint density at radius 2 is 2.05 bits per heavy atom. The number of aromatic nitrogens is 1. The van der Waals surface area contributed by atoms with Gasteiger partial charge in [0.25, 0.3) is 0 Å². The molecule has 0 saturated heterocycles. The molecule has 3 nitrogen and oxygen atoms in total. The molecule has 1 aromatic carbocycles. The number of rotatable bonds is 5. The summed E-state index contributed by atoms with van der Waals surface area (Å²) in [7, 11) is 0. The molecule has 0 bridgehead atoms. The van der Waals surface area contributed by atoms with Crippen LogP contribution >= 0.6 is 15.9 Å². The van der Waals surface area contributed by atoms with Crippen molar-refractivity contribution in [2.45, 2.75) is 33.4 Å². The normalized spacial score (nSPS) is 12.2. The summed E-state index contributed by atoms with van der Waals surface area (Å²) in [6.07, 6.45) is -0.503. The van der Waals surface area contributed by atoms with Crippen LogP contribution in [-0.2, 0) is 6.54 Å². The van der Waals surface area contributed by atoms with Crippen LogP contribution in [0.3, 0.4) is 0 Å². The number of aliphatic hydroxyl groups is 1. The summed E-state index contributed by atoms with van der Waals surface area (Å²) in [5.74, 6) is 0. The number of aliphatic hydroxyl groups excluding tert-OH is 1. The van der Waals surface area contributed by atoms with Gasteiger partial charge in [-0.2, -0.15) is 0 Å². The van der Waals surface area contributed by atoms with Gasteiger partial charge in [-0.05, 0) is 51.1 Å². The second-order valence-corrected chi connectivity index (χ2v) is 6.08. The van der Waals surface area contributed by atoms with Gasteiger partial charge >= 0.3 is 0 Å². The van der Waals surface area contributed by atoms with Crippen LogP contribution < -0.4 is 4.90 Å². The van der Waals surface area contributed by atoms with E-state index in [2.05, 4.69) is 32.7 Å². The molecule has 2 aromatic rings. The summed E-state index contributed by atoms with van der Waals surface area (Å²) in [5.41, 5.74) is 4.05. The first-order valence-corrected chi connectivity index (χ1v) is 7.95. The Bertz CT molecular complexity index is 613. The van der Waals surface area contributed by atoms with Gasteiger partial charge in [0, 0.05) is 28.0 Å². The number of anilines is 1. The van der Waals surface area contributed by atoms with Crippen LogP contribution in [0.2, 0.25) is 0 Å². The topological polar surface area (TPSA) is 36.4 Å². The summed E-state index contributed by atoms with van der Waals surface area (Å²) in [6.45, 7) is 7.50. The summed E-state index contributed by atoms with van der Waals surface area (Å²) >= 11 is 3.47. The third-order valence-electron chi connectivity index (χ3n) is 3.46. The molecule has 0 saturated carbocycles. The van der Waals surface area contributed by atoms with Gasteiger partial charge in [0.15, 0.2) is 0 Å². The third kappa shape index (κ3) is 4.05. The molecule has 21 heavy (non-hydrogen) atoms. The van der Waals surface area contributed by atoms with Gasteiger partial charge in [0.2, 0.25) is 0 Å². The fraction of sp³-hybridized carbons (Fsp3) is 0.353. The Morgan fingerprint density at radius 3 is 2.67 bits per heavy atom. The van der Waals surface area contributed by atoms with Gasteiger partial charge in [0.05, 0.1) is 18.3 Å². The Hall–Kier alpha value is -1.39. The van der Waals surface area contributed by atoms with Crippen LogP contribution in [0.4, 0.5) is 5.69 Å². The molecule has 0 aliphatic heterocycles. The molecule has 0 spiro atoms. The molecule has 0 radical (unpaired) electrons. The lowest BCUT2D eigenvalue weighted by atomic mass is 10.1. The molecule has 1 heterocycles. The van der Waals surface area contributed by atoms with E-state index in [0.717, 1.165) is 40.2 Å². The van der Waals surface area contributed by atoms with Gasteiger partial charge < -0.3 is 10.0 Å². The maximum Gasteiger partial charge on any atom is 0.0782 e. The molecule has 1 N–H and O–H groups in total. The second kappa shape index (κ2) is 7.05. The Balaban J connectivity index is 2.33. The molecular formula is C17H21BrN2O. The van der Waals surface area contributed by atoms with E-state index in [1.165, 1.54) is 0 Å². The molecule has 0 aliphatic carbocycles. The predicted molar refractivity (Wildman–Crippen MR) is 90.5 cm³/mol. The number of pyridine rings is 1. The van der Waals surface area contributed by atoms with Crippen molar-refractivity contribution in [1.29, 1.82) is 0 Å². The van der Waals surface area contributed by atoms with E-state index in [9.17, 15) is 5.11 Å². The smallest absolute Gasteiger partial charge is 0.0782 e. The van der Waals surface area contributed by atoms with E-state index in [0.29, 0.717) is 0 Å². The average molecular weight is 349 g/mol. The number of nitrogens with zero attached hydrogens (tertiary/aromatic N) is 2. The van der Waals surface area contributed by atoms with Crippen molar-refractivity contribution in [2.75, 3.05) is 11.4 Å². The lowest BCUT2D eigenvalue weighted by Crippen LogP contribution is -2.24. The summed E-state index contributed by atoms with van der Waals surface area (Å²) in [4.78, 5) is 6.80. The van der Waals surface area contributed by atoms with Crippen LogP contribution in [0.1, 0.15) is 36.9 Å². The Kier molecular flexibility index (Phi) is 5.37. The van der Waals surface area contributed by atoms with Gasteiger partial charge in [-0.25, -0.2) is 0 Å². The van der Waals surface area contributed by atoms with Crippen LogP contribution in [-0.4, -0.2) is 16.6 Å². The molecule has 1 atom stereocenters. The minimum atomic E-state index is -0.503. The predicted octanol–water partition coefficient (Wildman–Crippen LogP) is 4.23. The first-order chi connectivity index (χ1) is 10.0. The van der Waals surface area contributed by atoms with Crippen molar-refractivity contribution in [3.05, 3.63) is 57.8 Å². The SMILES string of the molecule is CCN(Cc1cccc(C)n1)c1ccc(Br)cc1C(C)O. The Morgan fingerprint density at radius 1 is 1.29 bits per heavy atom. The fourth-order valence-electron chi connectivity index (χ4n) is 2.40. The van der Waals surface area contributed by atoms with Crippen molar-refractivity contribution in [2.24, 2.45) is 0 Å². The van der Waals surface area contributed by atoms with Gasteiger partial charge in [-0.15, -0.1) is 0 Å². The largest absolute Gasteiger partial charge is 0.389 e. The number of hydrogen-bond donors (Lipinski definition) is 1. The van der Waals surface area contributed by atoms with Crippen molar-refractivity contribution in [3.63, 3.8) is 0 Å². The molecule has 0 aliphatic rings. The zero-order chi connectivity index (χ0) is 15.4. The van der Waals surface area contributed by atoms with E-state index in [-0.39, 0.29) is 0 Å². The maximum atomic E-state index is 10.0. The molecule has 0 amide bonds. The first-order valence-electron chi connectivity index (χ1n) is 7.16. The van der Waals surface area contributed by atoms with Gasteiger partial charge in [-0.3, -0.25) is 4.98 Å². The highest BCUT2D eigenvalue weighted by molar-refractivity contribution is 9.10. The quantitative estimate of drug-likeness (QED) is 0.878. The molecular weight excluding hydrogens is 328 g/mol. The van der Waals surface area contributed by atoms with E-state index in [1.807, 2.05) is 43.3 Å². The van der Waals surface area contributed by atoms with E-state index >= 15 is 0 Å². The summed E-state index contributed by atoms with van der Waals surface area (Å²) in [5, 5.41) is 10.0. The van der Waals surface area contributed by atoms with Crippen molar-refractivity contribution < 1.29 is 5.11 Å². The lowest BCUT2D eigenvalue weighted by molar-refractivity contribution is 0.199. The number of halogens is 1. The number of aryl methyl sites for hydroxylation is 1. The highest BCUT2D eigenvalue weighted by Gasteiger charge is 2.14. The van der Waals surface area contributed by atoms with Crippen molar-refractivity contribution in [1.82, 2.24) is 4.98 Å². The molecule has 4 heteroatoms. The Labute approximate surface area is 134 Å². The number of hydrogen-bond acceptors (Lipinski definition) is 3. The zero-order valence-corrected chi connectivity index (χ0v) is 14.3. The average Bonchev–Trinajstić information content (AvgIpc) is 2.45. The van der Waals surface area contributed by atoms with E-state index < -0.39 is 6.10 Å². The lowest BCUT2D eigenvalue weighted by Gasteiger charge is -2.26. The van der Waals surface area contributed by atoms with Gasteiger partial charge in [-0.1, -0.05) is 22.0 Å². The minimum absolute atomic E-state index is 0.503. The van der Waals surface area contributed by atoms with E-state index in [1.54, 1.807) is 6.92 Å². The van der Waals surface area contributed by atoms with Gasteiger partial charge in [0.1, 0.15) is 0 Å².